The van der Waals surface area contributed by atoms with E-state index in [4.69, 9.17) is 14.4 Å². The van der Waals surface area contributed by atoms with Gasteiger partial charge in [0.2, 0.25) is 0 Å². The molecular weight excluding hydrogens is 611 g/mol. The molecule has 7 aromatic carbocycles. The fourth-order valence-electron chi connectivity index (χ4n) is 7.34. The van der Waals surface area contributed by atoms with Crippen LogP contribution < -0.4 is 0 Å². The molecule has 0 spiro atoms. The minimum absolute atomic E-state index is 0.664. The Morgan fingerprint density at radius 3 is 1.80 bits per heavy atom. The Balaban J connectivity index is 1.18. The number of hydrogen-bond acceptors (Lipinski definition) is 3. The van der Waals surface area contributed by atoms with Gasteiger partial charge in [0, 0.05) is 43.8 Å². The molecule has 0 aliphatic rings. The van der Waals surface area contributed by atoms with E-state index in [2.05, 4.69) is 162 Å². The highest BCUT2D eigenvalue weighted by molar-refractivity contribution is 6.10. The van der Waals surface area contributed by atoms with Gasteiger partial charge in [-0.15, -0.1) is 0 Å². The molecule has 10 aromatic rings. The molecule has 0 saturated carbocycles. The molecule has 0 radical (unpaired) electrons. The first-order valence-electron chi connectivity index (χ1n) is 16.8. The molecular formula is C46H29N3O. The van der Waals surface area contributed by atoms with Crippen LogP contribution in [0.25, 0.3) is 94.5 Å². The Bertz CT molecular complexity index is 2830. The van der Waals surface area contributed by atoms with Crippen molar-refractivity contribution in [2.45, 2.75) is 0 Å². The van der Waals surface area contributed by atoms with Crippen molar-refractivity contribution < 1.29 is 4.42 Å². The van der Waals surface area contributed by atoms with Gasteiger partial charge in [-0.05, 0) is 42.0 Å². The Labute approximate surface area is 288 Å². The monoisotopic (exact) mass is 639 g/mol. The van der Waals surface area contributed by atoms with Gasteiger partial charge in [-0.2, -0.15) is 0 Å². The molecule has 4 heteroatoms. The standard InChI is InChI=1S/C46H29N3O/c1-2-14-30(15-3-1)39-29-40(38-21-6-10-26-43(38)49-41-24-8-4-18-34(41)35-19-5-9-25-42(35)49)48-46(47-39)32-17-12-16-31(28-32)33-22-13-23-37-36-20-7-11-27-44(36)50-45(33)37/h1-29H. The van der Waals surface area contributed by atoms with Crippen LogP contribution in [0.3, 0.4) is 0 Å². The van der Waals surface area contributed by atoms with Gasteiger partial charge in [0.15, 0.2) is 5.82 Å². The number of furan rings is 1. The SMILES string of the molecule is c1ccc(-c2cc(-c3ccccc3-n3c4ccccc4c4ccccc43)nc(-c3cccc(-c4cccc5c4oc4ccccc45)c3)n2)cc1. The van der Waals surface area contributed by atoms with Gasteiger partial charge >= 0.3 is 0 Å². The number of rotatable bonds is 5. The van der Waals surface area contributed by atoms with Gasteiger partial charge in [-0.25, -0.2) is 9.97 Å². The summed E-state index contributed by atoms with van der Waals surface area (Å²) in [6.45, 7) is 0. The number of nitrogens with zero attached hydrogens (tertiary/aromatic N) is 3. The zero-order chi connectivity index (χ0) is 33.0. The number of para-hydroxylation sites is 5. The lowest BCUT2D eigenvalue weighted by Gasteiger charge is -2.15. The highest BCUT2D eigenvalue weighted by atomic mass is 16.3. The van der Waals surface area contributed by atoms with Gasteiger partial charge in [-0.3, -0.25) is 0 Å². The molecule has 0 bridgehead atoms. The second-order valence-corrected chi connectivity index (χ2v) is 12.6. The van der Waals surface area contributed by atoms with E-state index in [9.17, 15) is 0 Å². The Morgan fingerprint density at radius 1 is 0.400 bits per heavy atom. The Hall–Kier alpha value is -6.78. The van der Waals surface area contributed by atoms with E-state index in [1.54, 1.807) is 0 Å². The molecule has 234 valence electrons. The van der Waals surface area contributed by atoms with Crippen molar-refractivity contribution >= 4 is 43.7 Å². The zero-order valence-electron chi connectivity index (χ0n) is 27.0. The summed E-state index contributed by atoms with van der Waals surface area (Å²) in [5.41, 5.74) is 12.0. The summed E-state index contributed by atoms with van der Waals surface area (Å²) in [5.74, 6) is 0.664. The molecule has 0 atom stereocenters. The number of fused-ring (bicyclic) bond motifs is 6. The number of benzene rings is 7. The topological polar surface area (TPSA) is 43.9 Å². The van der Waals surface area contributed by atoms with Crippen LogP contribution in [0.1, 0.15) is 0 Å². The lowest BCUT2D eigenvalue weighted by Crippen LogP contribution is -2.00. The van der Waals surface area contributed by atoms with E-state index in [0.717, 1.165) is 77.9 Å². The summed E-state index contributed by atoms with van der Waals surface area (Å²) in [4.78, 5) is 10.5. The largest absolute Gasteiger partial charge is 0.455 e. The van der Waals surface area contributed by atoms with Crippen LogP contribution in [0.2, 0.25) is 0 Å². The van der Waals surface area contributed by atoms with E-state index in [1.807, 2.05) is 18.2 Å². The normalized spacial score (nSPS) is 11.6. The quantitative estimate of drug-likeness (QED) is 0.188. The van der Waals surface area contributed by atoms with Crippen LogP contribution in [0.4, 0.5) is 0 Å². The molecule has 0 amide bonds. The number of aromatic nitrogens is 3. The van der Waals surface area contributed by atoms with Crippen LogP contribution in [0.5, 0.6) is 0 Å². The molecule has 10 rings (SSSR count). The molecule has 0 unspecified atom stereocenters. The van der Waals surface area contributed by atoms with Crippen LogP contribution in [-0.4, -0.2) is 14.5 Å². The summed E-state index contributed by atoms with van der Waals surface area (Å²) in [6.07, 6.45) is 0. The van der Waals surface area contributed by atoms with E-state index in [0.29, 0.717) is 5.82 Å². The summed E-state index contributed by atoms with van der Waals surface area (Å²) < 4.78 is 8.77. The predicted octanol–water partition coefficient (Wildman–Crippen LogP) is 12.1. The van der Waals surface area contributed by atoms with Gasteiger partial charge in [0.05, 0.1) is 28.1 Å². The summed E-state index contributed by atoms with van der Waals surface area (Å²) in [5, 5.41) is 4.67. The van der Waals surface area contributed by atoms with Crippen molar-refractivity contribution in [1.29, 1.82) is 0 Å². The van der Waals surface area contributed by atoms with Gasteiger partial charge in [0.1, 0.15) is 11.2 Å². The fraction of sp³-hybridized carbons (Fsp3) is 0. The molecule has 0 N–H and O–H groups in total. The molecule has 50 heavy (non-hydrogen) atoms. The van der Waals surface area contributed by atoms with E-state index < -0.39 is 0 Å². The third kappa shape index (κ3) is 4.54. The summed E-state index contributed by atoms with van der Waals surface area (Å²) in [7, 11) is 0. The number of hydrogen-bond donors (Lipinski definition) is 0. The maximum atomic E-state index is 6.41. The molecule has 4 nitrogen and oxygen atoms in total. The lowest BCUT2D eigenvalue weighted by molar-refractivity contribution is 0.670. The molecule has 0 aliphatic heterocycles. The third-order valence-corrected chi connectivity index (χ3v) is 9.63. The maximum Gasteiger partial charge on any atom is 0.160 e. The van der Waals surface area contributed by atoms with Crippen molar-refractivity contribution in [3.8, 4) is 50.7 Å². The van der Waals surface area contributed by atoms with Gasteiger partial charge < -0.3 is 8.98 Å². The van der Waals surface area contributed by atoms with Crippen molar-refractivity contribution in [2.75, 3.05) is 0 Å². The van der Waals surface area contributed by atoms with Crippen LogP contribution >= 0.6 is 0 Å². The van der Waals surface area contributed by atoms with Crippen molar-refractivity contribution in [3.63, 3.8) is 0 Å². The van der Waals surface area contributed by atoms with E-state index in [-0.39, 0.29) is 0 Å². The maximum absolute atomic E-state index is 6.41. The average Bonchev–Trinajstić information content (AvgIpc) is 3.74. The molecule has 0 aliphatic carbocycles. The molecule has 0 saturated heterocycles. The smallest absolute Gasteiger partial charge is 0.160 e. The van der Waals surface area contributed by atoms with E-state index >= 15 is 0 Å². The Morgan fingerprint density at radius 2 is 0.980 bits per heavy atom. The molecule has 3 heterocycles. The highest BCUT2D eigenvalue weighted by Crippen LogP contribution is 2.39. The molecule has 3 aromatic heterocycles. The molecule has 0 fully saturated rings. The minimum Gasteiger partial charge on any atom is -0.455 e. The minimum atomic E-state index is 0.664. The first-order chi connectivity index (χ1) is 24.8. The van der Waals surface area contributed by atoms with Crippen molar-refractivity contribution in [3.05, 3.63) is 176 Å². The van der Waals surface area contributed by atoms with Gasteiger partial charge in [0.25, 0.3) is 0 Å². The third-order valence-electron chi connectivity index (χ3n) is 9.63. The second-order valence-electron chi connectivity index (χ2n) is 12.6. The predicted molar refractivity (Wildman–Crippen MR) is 205 cm³/mol. The van der Waals surface area contributed by atoms with Crippen molar-refractivity contribution in [2.24, 2.45) is 0 Å². The summed E-state index contributed by atoms with van der Waals surface area (Å²) in [6, 6.07) is 61.3. The first kappa shape index (κ1) is 28.3. The second kappa shape index (κ2) is 11.4. The zero-order valence-corrected chi connectivity index (χ0v) is 27.0. The Kier molecular flexibility index (Phi) is 6.46. The van der Waals surface area contributed by atoms with Gasteiger partial charge in [-0.1, -0.05) is 140 Å². The lowest BCUT2D eigenvalue weighted by atomic mass is 10.00. The van der Waals surface area contributed by atoms with Crippen LogP contribution in [0.15, 0.2) is 180 Å². The summed E-state index contributed by atoms with van der Waals surface area (Å²) >= 11 is 0. The highest BCUT2D eigenvalue weighted by Gasteiger charge is 2.19. The van der Waals surface area contributed by atoms with Crippen LogP contribution in [-0.2, 0) is 0 Å². The average molecular weight is 640 g/mol. The first-order valence-corrected chi connectivity index (χ1v) is 16.8. The van der Waals surface area contributed by atoms with Crippen LogP contribution in [0, 0.1) is 0 Å². The van der Waals surface area contributed by atoms with Crippen molar-refractivity contribution in [1.82, 2.24) is 14.5 Å². The van der Waals surface area contributed by atoms with E-state index in [1.165, 1.54) is 10.8 Å². The fourth-order valence-corrected chi connectivity index (χ4v) is 7.34.